The number of hydrogen-bond acceptors (Lipinski definition) is 5. The predicted molar refractivity (Wildman–Crippen MR) is 103 cm³/mol. The van der Waals surface area contributed by atoms with E-state index in [2.05, 4.69) is 10.0 Å². The second-order valence-corrected chi connectivity index (χ2v) is 8.03. The van der Waals surface area contributed by atoms with E-state index in [1.54, 1.807) is 37.3 Å². The number of benzene rings is 2. The van der Waals surface area contributed by atoms with Crippen LogP contribution in [0.15, 0.2) is 48.5 Å². The minimum Gasteiger partial charge on any atom is -0.452 e. The Morgan fingerprint density at radius 3 is 2.52 bits per heavy atom. The lowest BCUT2D eigenvalue weighted by atomic mass is 10.1. The van der Waals surface area contributed by atoms with Gasteiger partial charge in [0.25, 0.3) is 5.91 Å². The van der Waals surface area contributed by atoms with E-state index in [0.717, 1.165) is 11.8 Å². The number of anilines is 1. The molecule has 0 bridgehead atoms. The molecule has 0 unspecified atom stereocenters. The van der Waals surface area contributed by atoms with Crippen LogP contribution in [0, 0.1) is 0 Å². The van der Waals surface area contributed by atoms with Gasteiger partial charge in [-0.25, -0.2) is 13.2 Å². The number of carbonyl (C=O) groups is 2. The van der Waals surface area contributed by atoms with E-state index < -0.39 is 28.5 Å². The summed E-state index contributed by atoms with van der Waals surface area (Å²) in [5.74, 6) is -1.31. The number of esters is 1. The first kappa shape index (κ1) is 20.7. The maximum atomic E-state index is 12.2. The predicted octanol–water partition coefficient (Wildman–Crippen LogP) is 2.75. The third kappa shape index (κ3) is 6.58. The Morgan fingerprint density at radius 1 is 1.15 bits per heavy atom. The van der Waals surface area contributed by atoms with E-state index >= 15 is 0 Å². The first-order valence-corrected chi connectivity index (χ1v) is 10.2. The van der Waals surface area contributed by atoms with Crippen LogP contribution >= 0.6 is 11.6 Å². The minimum absolute atomic E-state index is 0.0126. The van der Waals surface area contributed by atoms with Crippen molar-refractivity contribution < 1.29 is 22.7 Å². The highest BCUT2D eigenvalue weighted by Gasteiger charge is 2.17. The molecule has 7 nitrogen and oxygen atoms in total. The molecule has 0 aliphatic rings. The molecule has 1 amide bonds. The summed E-state index contributed by atoms with van der Waals surface area (Å²) in [6.07, 6.45) is 0.972. The number of rotatable bonds is 7. The molecular formula is C18H19ClN2O5S. The molecule has 0 saturated heterocycles. The fourth-order valence-corrected chi connectivity index (χ4v) is 3.08. The molecule has 2 rings (SSSR count). The average Bonchev–Trinajstić information content (AvgIpc) is 2.58. The van der Waals surface area contributed by atoms with Crippen molar-refractivity contribution in [3.05, 3.63) is 64.7 Å². The van der Waals surface area contributed by atoms with Crippen molar-refractivity contribution in [1.29, 1.82) is 0 Å². The molecule has 0 spiro atoms. The van der Waals surface area contributed by atoms with Crippen LogP contribution in [0.2, 0.25) is 5.02 Å². The lowest BCUT2D eigenvalue weighted by Gasteiger charge is -2.15. The van der Waals surface area contributed by atoms with Crippen molar-refractivity contribution in [2.24, 2.45) is 0 Å². The molecule has 0 fully saturated rings. The minimum atomic E-state index is -3.56. The molecule has 0 saturated carbocycles. The molecule has 2 aromatic rings. The molecule has 9 heteroatoms. The van der Waals surface area contributed by atoms with Crippen molar-refractivity contribution in [2.45, 2.75) is 13.0 Å². The van der Waals surface area contributed by atoms with E-state index in [1.807, 2.05) is 6.07 Å². The van der Waals surface area contributed by atoms with Crippen LogP contribution in [0.1, 0.15) is 28.9 Å². The fourth-order valence-electron chi connectivity index (χ4n) is 2.30. The molecule has 0 aliphatic carbocycles. The maximum Gasteiger partial charge on any atom is 0.340 e. The van der Waals surface area contributed by atoms with E-state index in [4.69, 9.17) is 16.3 Å². The Hall–Kier alpha value is -2.58. The number of para-hydroxylation sites is 1. The first-order valence-electron chi connectivity index (χ1n) is 7.94. The van der Waals surface area contributed by atoms with E-state index in [0.29, 0.717) is 5.02 Å². The first-order chi connectivity index (χ1) is 12.7. The summed E-state index contributed by atoms with van der Waals surface area (Å²) in [6, 6.07) is 12.7. The molecule has 27 heavy (non-hydrogen) atoms. The zero-order valence-corrected chi connectivity index (χ0v) is 16.3. The monoisotopic (exact) mass is 410 g/mol. The highest BCUT2D eigenvalue weighted by molar-refractivity contribution is 7.92. The Kier molecular flexibility index (Phi) is 6.81. The number of nitrogens with one attached hydrogen (secondary N) is 2. The van der Waals surface area contributed by atoms with Crippen LogP contribution in [-0.4, -0.2) is 33.2 Å². The van der Waals surface area contributed by atoms with Gasteiger partial charge in [-0.05, 0) is 36.8 Å². The molecule has 0 radical (unpaired) electrons. The summed E-state index contributed by atoms with van der Waals surface area (Å²) in [4.78, 5) is 24.2. The van der Waals surface area contributed by atoms with Crippen LogP contribution in [0.25, 0.3) is 0 Å². The second kappa shape index (κ2) is 8.88. The van der Waals surface area contributed by atoms with Gasteiger partial charge in [0.15, 0.2) is 6.61 Å². The van der Waals surface area contributed by atoms with Gasteiger partial charge in [-0.2, -0.15) is 0 Å². The summed E-state index contributed by atoms with van der Waals surface area (Å²) in [5.41, 5.74) is 0.904. The second-order valence-electron chi connectivity index (χ2n) is 5.84. The Morgan fingerprint density at radius 2 is 1.85 bits per heavy atom. The van der Waals surface area contributed by atoms with Gasteiger partial charge in [0.05, 0.1) is 23.5 Å². The number of amides is 1. The number of halogens is 1. The summed E-state index contributed by atoms with van der Waals surface area (Å²) >= 11 is 5.93. The Labute approximate surface area is 162 Å². The summed E-state index contributed by atoms with van der Waals surface area (Å²) in [5, 5.41) is 3.25. The van der Waals surface area contributed by atoms with Gasteiger partial charge in [-0.3, -0.25) is 9.52 Å². The zero-order chi connectivity index (χ0) is 20.0. The summed E-state index contributed by atoms with van der Waals surface area (Å²) in [6.45, 7) is 1.27. The normalized spacial score (nSPS) is 12.1. The maximum absolute atomic E-state index is 12.2. The molecule has 0 aromatic heterocycles. The number of carbonyl (C=O) groups excluding carboxylic acids is 2. The van der Waals surface area contributed by atoms with Gasteiger partial charge >= 0.3 is 5.97 Å². The molecule has 144 valence electrons. The lowest BCUT2D eigenvalue weighted by molar-refractivity contribution is -0.124. The van der Waals surface area contributed by atoms with Crippen LogP contribution in [0.3, 0.4) is 0 Å². The van der Waals surface area contributed by atoms with E-state index in [9.17, 15) is 18.0 Å². The van der Waals surface area contributed by atoms with Crippen LogP contribution < -0.4 is 10.0 Å². The van der Waals surface area contributed by atoms with Crippen molar-refractivity contribution >= 4 is 39.2 Å². The van der Waals surface area contributed by atoms with Crippen molar-refractivity contribution in [3.63, 3.8) is 0 Å². The van der Waals surface area contributed by atoms with Gasteiger partial charge in [0, 0.05) is 5.02 Å². The summed E-state index contributed by atoms with van der Waals surface area (Å²) in [7, 11) is -3.56. The van der Waals surface area contributed by atoms with Crippen molar-refractivity contribution in [1.82, 2.24) is 5.32 Å². The van der Waals surface area contributed by atoms with Crippen LogP contribution in [-0.2, 0) is 19.6 Å². The van der Waals surface area contributed by atoms with Crippen molar-refractivity contribution in [3.8, 4) is 0 Å². The van der Waals surface area contributed by atoms with Gasteiger partial charge in [-0.1, -0.05) is 35.9 Å². The molecule has 2 aromatic carbocycles. The van der Waals surface area contributed by atoms with Gasteiger partial charge in [0.1, 0.15) is 0 Å². The fraction of sp³-hybridized carbons (Fsp3) is 0.222. The molecule has 2 N–H and O–H groups in total. The highest BCUT2D eigenvalue weighted by Crippen LogP contribution is 2.18. The molecular weight excluding hydrogens is 392 g/mol. The van der Waals surface area contributed by atoms with Gasteiger partial charge in [0.2, 0.25) is 10.0 Å². The number of sulfonamides is 1. The third-order valence-corrected chi connectivity index (χ3v) is 4.33. The number of hydrogen-bond donors (Lipinski definition) is 2. The Balaban J connectivity index is 1.96. The molecule has 1 atom stereocenters. The van der Waals surface area contributed by atoms with Crippen molar-refractivity contribution in [2.75, 3.05) is 17.6 Å². The quantitative estimate of drug-likeness (QED) is 0.683. The number of ether oxygens (including phenoxy) is 1. The SMILES string of the molecule is C[C@@H](NC(=O)COC(=O)c1ccccc1NS(C)(=O)=O)c1cccc(Cl)c1. The van der Waals surface area contributed by atoms with E-state index in [1.165, 1.54) is 12.1 Å². The zero-order valence-electron chi connectivity index (χ0n) is 14.7. The summed E-state index contributed by atoms with van der Waals surface area (Å²) < 4.78 is 30.0. The van der Waals surface area contributed by atoms with Crippen LogP contribution in [0.4, 0.5) is 5.69 Å². The topological polar surface area (TPSA) is 102 Å². The highest BCUT2D eigenvalue weighted by atomic mass is 35.5. The van der Waals surface area contributed by atoms with E-state index in [-0.39, 0.29) is 17.3 Å². The largest absolute Gasteiger partial charge is 0.452 e. The average molecular weight is 411 g/mol. The third-order valence-electron chi connectivity index (χ3n) is 3.50. The lowest BCUT2D eigenvalue weighted by Crippen LogP contribution is -2.31. The van der Waals surface area contributed by atoms with Crippen LogP contribution in [0.5, 0.6) is 0 Å². The molecule has 0 heterocycles. The smallest absolute Gasteiger partial charge is 0.340 e. The van der Waals surface area contributed by atoms with Gasteiger partial charge < -0.3 is 10.1 Å². The standard InChI is InChI=1S/C18H19ClN2O5S/c1-12(13-6-5-7-14(19)10-13)20-17(22)11-26-18(23)15-8-3-4-9-16(15)21-27(2,24)25/h3-10,12,21H,11H2,1-2H3,(H,20,22)/t12-/m1/s1. The van der Waals surface area contributed by atoms with Gasteiger partial charge in [-0.15, -0.1) is 0 Å². The molecule has 0 aliphatic heterocycles. The Bertz CT molecular complexity index is 946.